The van der Waals surface area contributed by atoms with Gasteiger partial charge in [-0.05, 0) is 46.2 Å². The van der Waals surface area contributed by atoms with Gasteiger partial charge in [-0.15, -0.1) is 0 Å². The monoisotopic (exact) mass is 305 g/mol. The van der Waals surface area contributed by atoms with Crippen LogP contribution in [0.25, 0.3) is 0 Å². The summed E-state index contributed by atoms with van der Waals surface area (Å²) in [5.74, 6) is 0. The third-order valence-electron chi connectivity index (χ3n) is 2.77. The molecule has 0 heterocycles. The van der Waals surface area contributed by atoms with Gasteiger partial charge in [0, 0.05) is 5.56 Å². The molecule has 0 bridgehead atoms. The molecule has 0 aliphatic rings. The fourth-order valence-corrected chi connectivity index (χ4v) is 2.27. The largest absolute Gasteiger partial charge is 0.591 e. The molecule has 0 spiro atoms. The van der Waals surface area contributed by atoms with Crippen molar-refractivity contribution >= 4 is 17.1 Å². The molecule has 2 nitrogen and oxygen atoms in total. The van der Waals surface area contributed by atoms with Gasteiger partial charge in [0.1, 0.15) is 16.1 Å². The molecule has 0 saturated heterocycles. The van der Waals surface area contributed by atoms with Gasteiger partial charge in [-0.3, -0.25) is 0 Å². The molecule has 0 fully saturated rings. The molecule has 1 aromatic carbocycles. The Morgan fingerprint density at radius 2 is 1.75 bits per heavy atom. The normalized spacial score (nSPS) is 15.3. The van der Waals surface area contributed by atoms with E-state index in [0.29, 0.717) is 11.3 Å². The summed E-state index contributed by atoms with van der Waals surface area (Å²) in [5.41, 5.74) is 0.137. The van der Waals surface area contributed by atoms with Crippen molar-refractivity contribution < 1.29 is 17.7 Å². The number of rotatable bonds is 2. The minimum atomic E-state index is -4.40. The van der Waals surface area contributed by atoms with E-state index in [1.807, 2.05) is 0 Å². The highest BCUT2D eigenvalue weighted by Gasteiger charge is 2.33. The van der Waals surface area contributed by atoms with Gasteiger partial charge in [0.25, 0.3) is 0 Å². The summed E-state index contributed by atoms with van der Waals surface area (Å²) in [4.78, 5) is 0. The summed E-state index contributed by atoms with van der Waals surface area (Å²) in [5, 5.41) is 0. The molecule has 1 unspecified atom stereocenters. The number of hydrogen-bond donors (Lipinski definition) is 0. The first-order chi connectivity index (χ1) is 8.94. The molecule has 20 heavy (non-hydrogen) atoms. The molecule has 1 aromatic rings. The smallest absolute Gasteiger partial charge is 0.416 e. The van der Waals surface area contributed by atoms with Crippen molar-refractivity contribution in [3.8, 4) is 0 Å². The first-order valence-electron chi connectivity index (χ1n) is 6.09. The Balaban J connectivity index is 3.25. The van der Waals surface area contributed by atoms with Crippen molar-refractivity contribution in [1.82, 2.24) is 0 Å². The van der Waals surface area contributed by atoms with Crippen molar-refractivity contribution in [3.05, 3.63) is 34.9 Å². The topological polar surface area (TPSA) is 35.4 Å². The van der Waals surface area contributed by atoms with Gasteiger partial charge in [-0.25, -0.2) is 0 Å². The summed E-state index contributed by atoms with van der Waals surface area (Å²) in [6.07, 6.45) is -4.40. The zero-order valence-corrected chi connectivity index (χ0v) is 12.9. The summed E-state index contributed by atoms with van der Waals surface area (Å²) in [6, 6.07) is 3.93. The highest BCUT2D eigenvalue weighted by Crippen LogP contribution is 2.33. The number of nitrogens with zero attached hydrogens (tertiary/aromatic N) is 1. The zero-order valence-electron chi connectivity index (χ0n) is 12.1. The van der Waals surface area contributed by atoms with Crippen LogP contribution in [0.4, 0.5) is 13.2 Å². The Kier molecular flexibility index (Phi) is 4.92. The fourth-order valence-electron chi connectivity index (χ4n) is 1.65. The van der Waals surface area contributed by atoms with Crippen LogP contribution in [0.1, 0.15) is 44.4 Å². The van der Waals surface area contributed by atoms with Crippen LogP contribution in [0.15, 0.2) is 22.6 Å². The molecular weight excluding hydrogens is 287 g/mol. The van der Waals surface area contributed by atoms with Crippen LogP contribution in [-0.4, -0.2) is 15.0 Å². The molecule has 0 radical (unpaired) electrons. The van der Waals surface area contributed by atoms with Crippen molar-refractivity contribution in [1.29, 1.82) is 0 Å². The Morgan fingerprint density at radius 3 is 2.20 bits per heavy atom. The Morgan fingerprint density at radius 1 is 1.20 bits per heavy atom. The predicted molar refractivity (Wildman–Crippen MR) is 76.3 cm³/mol. The summed E-state index contributed by atoms with van der Waals surface area (Å²) < 4.78 is 54.0. The maximum absolute atomic E-state index is 12.8. The molecule has 0 aliphatic carbocycles. The van der Waals surface area contributed by atoms with E-state index in [1.54, 1.807) is 33.8 Å². The molecule has 6 heteroatoms. The maximum atomic E-state index is 12.8. The van der Waals surface area contributed by atoms with Crippen molar-refractivity contribution in [3.63, 3.8) is 0 Å². The standard InChI is InChI=1S/C14H18F3NOS/c1-9-11(7-6-8-12(9)14(15,16)17)10(2)18-20(19)13(3,4)5/h6-8H,1-5H3. The third kappa shape index (κ3) is 3.99. The number of alkyl halides is 3. The van der Waals surface area contributed by atoms with E-state index >= 15 is 0 Å². The lowest BCUT2D eigenvalue weighted by Crippen LogP contribution is -2.27. The molecule has 0 saturated carbocycles. The van der Waals surface area contributed by atoms with Crippen LogP contribution >= 0.6 is 0 Å². The molecule has 112 valence electrons. The van der Waals surface area contributed by atoms with Gasteiger partial charge >= 0.3 is 6.18 Å². The van der Waals surface area contributed by atoms with Crippen molar-refractivity contribution in [2.75, 3.05) is 0 Å². The number of hydrogen-bond acceptors (Lipinski definition) is 2. The molecular formula is C14H18F3NOS. The summed E-state index contributed by atoms with van der Waals surface area (Å²) >= 11 is -1.50. The number of benzene rings is 1. The van der Waals surface area contributed by atoms with Crippen LogP contribution in [-0.2, 0) is 17.5 Å². The highest BCUT2D eigenvalue weighted by molar-refractivity contribution is 7.91. The molecule has 0 amide bonds. The zero-order chi connectivity index (χ0) is 15.7. The first kappa shape index (κ1) is 17.0. The van der Waals surface area contributed by atoms with Crippen LogP contribution in [0.2, 0.25) is 0 Å². The highest BCUT2D eigenvalue weighted by atomic mass is 32.2. The average Bonchev–Trinajstić information content (AvgIpc) is 2.26. The quantitative estimate of drug-likeness (QED) is 0.593. The third-order valence-corrected chi connectivity index (χ3v) is 4.26. The number of halogens is 3. The maximum Gasteiger partial charge on any atom is 0.416 e. The van der Waals surface area contributed by atoms with Crippen LogP contribution in [0.3, 0.4) is 0 Å². The van der Waals surface area contributed by atoms with E-state index in [4.69, 9.17) is 0 Å². The van der Waals surface area contributed by atoms with E-state index in [2.05, 4.69) is 4.40 Å². The molecule has 0 aliphatic heterocycles. The second-order valence-corrected chi connectivity index (χ2v) is 7.42. The lowest BCUT2D eigenvalue weighted by atomic mass is 9.99. The van der Waals surface area contributed by atoms with E-state index in [-0.39, 0.29) is 5.56 Å². The molecule has 1 atom stereocenters. The SMILES string of the molecule is CC(=N[S+]([O-])C(C)(C)C)c1cccc(C(F)(F)F)c1C. The summed E-state index contributed by atoms with van der Waals surface area (Å²) in [7, 11) is 0. The van der Waals surface area contributed by atoms with Crippen LogP contribution < -0.4 is 0 Å². The van der Waals surface area contributed by atoms with Crippen molar-refractivity contribution in [2.45, 2.75) is 45.5 Å². The first-order valence-corrected chi connectivity index (χ1v) is 7.19. The summed E-state index contributed by atoms with van der Waals surface area (Å²) in [6.45, 7) is 8.26. The van der Waals surface area contributed by atoms with E-state index in [1.165, 1.54) is 13.0 Å². The minimum absolute atomic E-state index is 0.104. The van der Waals surface area contributed by atoms with Crippen LogP contribution in [0.5, 0.6) is 0 Å². The van der Waals surface area contributed by atoms with Crippen molar-refractivity contribution in [2.24, 2.45) is 4.40 Å². The lowest BCUT2D eigenvalue weighted by molar-refractivity contribution is -0.138. The van der Waals surface area contributed by atoms with E-state index in [0.717, 1.165) is 6.07 Å². The van der Waals surface area contributed by atoms with Crippen LogP contribution in [0, 0.1) is 6.92 Å². The van der Waals surface area contributed by atoms with E-state index < -0.39 is 27.8 Å². The van der Waals surface area contributed by atoms with Gasteiger partial charge in [-0.1, -0.05) is 16.5 Å². The second kappa shape index (κ2) is 5.77. The Bertz CT molecular complexity index is 518. The van der Waals surface area contributed by atoms with Gasteiger partial charge in [0.15, 0.2) is 0 Å². The van der Waals surface area contributed by atoms with E-state index in [9.17, 15) is 17.7 Å². The van der Waals surface area contributed by atoms with Gasteiger partial charge in [0.2, 0.25) is 0 Å². The Labute approximate surface area is 120 Å². The molecule has 0 N–H and O–H groups in total. The average molecular weight is 305 g/mol. The van der Waals surface area contributed by atoms with Gasteiger partial charge in [-0.2, -0.15) is 13.2 Å². The molecule has 1 rings (SSSR count). The Hall–Kier alpha value is -1.01. The second-order valence-electron chi connectivity index (χ2n) is 5.51. The van der Waals surface area contributed by atoms with Gasteiger partial charge < -0.3 is 4.55 Å². The lowest BCUT2D eigenvalue weighted by Gasteiger charge is -2.19. The predicted octanol–water partition coefficient (Wildman–Crippen LogP) is 4.29. The minimum Gasteiger partial charge on any atom is -0.591 e. The fraction of sp³-hybridized carbons (Fsp3) is 0.500. The van der Waals surface area contributed by atoms with Gasteiger partial charge in [0.05, 0.1) is 11.3 Å². The molecule has 0 aromatic heterocycles.